The van der Waals surface area contributed by atoms with Gasteiger partial charge >= 0.3 is 0 Å². The number of rotatable bonds is 2. The molecule has 4 heteroatoms. The van der Waals surface area contributed by atoms with Crippen molar-refractivity contribution in [3.8, 4) is 6.07 Å². The van der Waals surface area contributed by atoms with Gasteiger partial charge in [0.25, 0.3) is 0 Å². The zero-order valence-electron chi connectivity index (χ0n) is 8.71. The molecule has 0 aliphatic rings. The fourth-order valence-corrected chi connectivity index (χ4v) is 2.12. The Bertz CT molecular complexity index is 532. The van der Waals surface area contributed by atoms with E-state index in [1.807, 2.05) is 25.1 Å². The van der Waals surface area contributed by atoms with Crippen molar-refractivity contribution in [2.45, 2.75) is 16.8 Å². The van der Waals surface area contributed by atoms with Crippen molar-refractivity contribution in [1.29, 1.82) is 5.26 Å². The van der Waals surface area contributed by atoms with Gasteiger partial charge in [0, 0.05) is 17.3 Å². The highest BCUT2D eigenvalue weighted by molar-refractivity contribution is 7.99. The quantitative estimate of drug-likeness (QED) is 0.791. The van der Waals surface area contributed by atoms with E-state index < -0.39 is 0 Å². The highest BCUT2D eigenvalue weighted by atomic mass is 32.2. The van der Waals surface area contributed by atoms with Gasteiger partial charge in [0.2, 0.25) is 0 Å². The highest BCUT2D eigenvalue weighted by Gasteiger charge is 2.01. The molecule has 0 amide bonds. The Morgan fingerprint density at radius 3 is 2.81 bits per heavy atom. The predicted molar refractivity (Wildman–Crippen MR) is 62.0 cm³/mol. The van der Waals surface area contributed by atoms with Gasteiger partial charge in [-0.2, -0.15) is 5.26 Å². The predicted octanol–water partition coefficient (Wildman–Crippen LogP) is 2.81. The van der Waals surface area contributed by atoms with Gasteiger partial charge in [0.15, 0.2) is 0 Å². The molecule has 16 heavy (non-hydrogen) atoms. The Kier molecular flexibility index (Phi) is 3.18. The lowest BCUT2D eigenvalue weighted by atomic mass is 10.1. The summed E-state index contributed by atoms with van der Waals surface area (Å²) in [4.78, 5) is 9.25. The summed E-state index contributed by atoms with van der Waals surface area (Å²) >= 11 is 1.54. The fourth-order valence-electron chi connectivity index (χ4n) is 1.28. The van der Waals surface area contributed by atoms with E-state index in [0.717, 1.165) is 15.5 Å². The summed E-state index contributed by atoms with van der Waals surface area (Å²) in [6, 6.07) is 7.88. The van der Waals surface area contributed by atoms with E-state index in [4.69, 9.17) is 5.26 Å². The summed E-state index contributed by atoms with van der Waals surface area (Å²) in [6.45, 7) is 1.93. The molecule has 2 rings (SSSR count). The topological polar surface area (TPSA) is 49.6 Å². The van der Waals surface area contributed by atoms with E-state index in [0.29, 0.717) is 5.56 Å². The number of benzene rings is 1. The van der Waals surface area contributed by atoms with Crippen molar-refractivity contribution < 1.29 is 0 Å². The zero-order chi connectivity index (χ0) is 11.4. The number of nitrogens with zero attached hydrogens (tertiary/aromatic N) is 3. The molecule has 0 radical (unpaired) electrons. The summed E-state index contributed by atoms with van der Waals surface area (Å²) in [5.74, 6) is 0. The molecular formula is C12H9N3S. The molecule has 78 valence electrons. The van der Waals surface area contributed by atoms with E-state index in [2.05, 4.69) is 16.0 Å². The molecule has 3 nitrogen and oxygen atoms in total. The SMILES string of the molecule is Cc1cc(Sc2cnccn2)ccc1C#N. The Hall–Kier alpha value is -1.86. The van der Waals surface area contributed by atoms with Crippen LogP contribution >= 0.6 is 11.8 Å². The third-order valence-electron chi connectivity index (χ3n) is 2.08. The number of hydrogen-bond donors (Lipinski definition) is 0. The average molecular weight is 227 g/mol. The van der Waals surface area contributed by atoms with Gasteiger partial charge < -0.3 is 0 Å². The summed E-state index contributed by atoms with van der Waals surface area (Å²) < 4.78 is 0. The monoisotopic (exact) mass is 227 g/mol. The molecule has 2 aromatic rings. The van der Waals surface area contributed by atoms with Gasteiger partial charge in [0.1, 0.15) is 5.03 Å². The summed E-state index contributed by atoms with van der Waals surface area (Å²) in [5.41, 5.74) is 1.69. The summed E-state index contributed by atoms with van der Waals surface area (Å²) in [6.07, 6.45) is 5.03. The van der Waals surface area contributed by atoms with Gasteiger partial charge in [-0.15, -0.1) is 0 Å². The molecule has 1 aromatic carbocycles. The second kappa shape index (κ2) is 4.77. The first-order valence-electron chi connectivity index (χ1n) is 4.74. The van der Waals surface area contributed by atoms with Crippen LogP contribution in [0.5, 0.6) is 0 Å². The first-order valence-corrected chi connectivity index (χ1v) is 5.56. The lowest BCUT2D eigenvalue weighted by Crippen LogP contribution is -1.84. The smallest absolute Gasteiger partial charge is 0.119 e. The molecular weight excluding hydrogens is 218 g/mol. The van der Waals surface area contributed by atoms with E-state index in [1.54, 1.807) is 18.6 Å². The standard InChI is InChI=1S/C12H9N3S/c1-9-6-11(3-2-10(9)7-13)16-12-8-14-4-5-15-12/h2-6,8H,1H3. The Morgan fingerprint density at radius 2 is 2.19 bits per heavy atom. The minimum Gasteiger partial charge on any atom is -0.260 e. The molecule has 0 unspecified atom stereocenters. The fraction of sp³-hybridized carbons (Fsp3) is 0.0833. The van der Waals surface area contributed by atoms with E-state index in [1.165, 1.54) is 11.8 Å². The third-order valence-corrected chi connectivity index (χ3v) is 2.99. The first kappa shape index (κ1) is 10.7. The van der Waals surface area contributed by atoms with Gasteiger partial charge in [0.05, 0.1) is 17.8 Å². The van der Waals surface area contributed by atoms with E-state index >= 15 is 0 Å². The number of aryl methyl sites for hydroxylation is 1. The van der Waals surface area contributed by atoms with Crippen molar-refractivity contribution in [3.63, 3.8) is 0 Å². The second-order valence-corrected chi connectivity index (χ2v) is 4.33. The van der Waals surface area contributed by atoms with E-state index in [-0.39, 0.29) is 0 Å². The van der Waals surface area contributed by atoms with Crippen LogP contribution in [0.2, 0.25) is 0 Å². The minimum absolute atomic E-state index is 0.712. The normalized spacial score (nSPS) is 9.75. The Balaban J connectivity index is 2.24. The highest BCUT2D eigenvalue weighted by Crippen LogP contribution is 2.26. The summed E-state index contributed by atoms with van der Waals surface area (Å²) in [7, 11) is 0. The van der Waals surface area contributed by atoms with Crippen LogP contribution in [-0.4, -0.2) is 9.97 Å². The Labute approximate surface area is 98.2 Å². The maximum Gasteiger partial charge on any atom is 0.119 e. The van der Waals surface area contributed by atoms with Crippen molar-refractivity contribution in [2.24, 2.45) is 0 Å². The Morgan fingerprint density at radius 1 is 1.31 bits per heavy atom. The van der Waals surface area contributed by atoms with E-state index in [9.17, 15) is 0 Å². The number of nitriles is 1. The van der Waals surface area contributed by atoms with Crippen molar-refractivity contribution in [3.05, 3.63) is 47.9 Å². The molecule has 0 aliphatic carbocycles. The lowest BCUT2D eigenvalue weighted by Gasteiger charge is -2.02. The number of hydrogen-bond acceptors (Lipinski definition) is 4. The molecule has 0 N–H and O–H groups in total. The van der Waals surface area contributed by atoms with Crippen LogP contribution in [0.3, 0.4) is 0 Å². The molecule has 0 saturated carbocycles. The minimum atomic E-state index is 0.712. The largest absolute Gasteiger partial charge is 0.260 e. The average Bonchev–Trinajstić information content (AvgIpc) is 2.31. The first-order chi connectivity index (χ1) is 7.79. The second-order valence-electron chi connectivity index (χ2n) is 3.23. The zero-order valence-corrected chi connectivity index (χ0v) is 9.53. The maximum atomic E-state index is 8.82. The molecule has 0 bridgehead atoms. The third kappa shape index (κ3) is 2.38. The van der Waals surface area contributed by atoms with Gasteiger partial charge in [-0.1, -0.05) is 11.8 Å². The van der Waals surface area contributed by atoms with Gasteiger partial charge in [-0.3, -0.25) is 4.98 Å². The van der Waals surface area contributed by atoms with Crippen LogP contribution in [0, 0.1) is 18.3 Å². The summed E-state index contributed by atoms with van der Waals surface area (Å²) in [5, 5.41) is 9.67. The van der Waals surface area contributed by atoms with Crippen molar-refractivity contribution >= 4 is 11.8 Å². The van der Waals surface area contributed by atoms with Crippen LogP contribution in [0.15, 0.2) is 46.7 Å². The molecule has 0 atom stereocenters. The van der Waals surface area contributed by atoms with Crippen molar-refractivity contribution in [1.82, 2.24) is 9.97 Å². The molecule has 1 aromatic heterocycles. The van der Waals surface area contributed by atoms with Crippen molar-refractivity contribution in [2.75, 3.05) is 0 Å². The van der Waals surface area contributed by atoms with Crippen LogP contribution in [0.4, 0.5) is 0 Å². The van der Waals surface area contributed by atoms with Crippen LogP contribution < -0.4 is 0 Å². The molecule has 0 spiro atoms. The molecule has 0 saturated heterocycles. The van der Waals surface area contributed by atoms with Crippen LogP contribution in [0.1, 0.15) is 11.1 Å². The van der Waals surface area contributed by atoms with Gasteiger partial charge in [-0.05, 0) is 30.7 Å². The maximum absolute atomic E-state index is 8.82. The van der Waals surface area contributed by atoms with Crippen LogP contribution in [0.25, 0.3) is 0 Å². The van der Waals surface area contributed by atoms with Crippen LogP contribution in [-0.2, 0) is 0 Å². The molecule has 0 aliphatic heterocycles. The molecule has 1 heterocycles. The lowest BCUT2D eigenvalue weighted by molar-refractivity contribution is 1.05. The molecule has 0 fully saturated rings. The number of aromatic nitrogens is 2. The van der Waals surface area contributed by atoms with Gasteiger partial charge in [-0.25, -0.2) is 4.98 Å².